The van der Waals surface area contributed by atoms with E-state index in [1.165, 1.54) is 12.1 Å². The fourth-order valence-corrected chi connectivity index (χ4v) is 1.58. The molecule has 1 amide bonds. The number of nitro benzene ring substituents is 1. The smallest absolute Gasteiger partial charge is 0.269 e. The molecule has 0 unspecified atom stereocenters. The molecule has 0 aromatic heterocycles. The van der Waals surface area contributed by atoms with Crippen molar-refractivity contribution in [3.8, 4) is 0 Å². The van der Waals surface area contributed by atoms with Crippen LogP contribution in [0.1, 0.15) is 18.9 Å². The molecule has 0 spiro atoms. The predicted molar refractivity (Wildman–Crippen MR) is 80.2 cm³/mol. The molecule has 0 aliphatic rings. The first-order valence-corrected chi connectivity index (χ1v) is 6.34. The molecular weight excluding hydrogens is 282 g/mol. The molecule has 0 bridgehead atoms. The van der Waals surface area contributed by atoms with Crippen molar-refractivity contribution in [1.29, 1.82) is 0 Å². The summed E-state index contributed by atoms with van der Waals surface area (Å²) in [6, 6.07) is 6.02. The van der Waals surface area contributed by atoms with Gasteiger partial charge in [-0.25, -0.2) is 0 Å². The number of hydrogen-bond donors (Lipinski definition) is 2. The van der Waals surface area contributed by atoms with Crippen LogP contribution in [-0.2, 0) is 11.2 Å². The normalized spacial score (nSPS) is 9.65. The number of carbonyl (C=O) groups is 1. The average molecular weight is 302 g/mol. The van der Waals surface area contributed by atoms with Crippen molar-refractivity contribution in [2.24, 2.45) is 0 Å². The Bertz CT molecular complexity index is 423. The van der Waals surface area contributed by atoms with E-state index in [0.717, 1.165) is 25.1 Å². The van der Waals surface area contributed by atoms with Gasteiger partial charge in [0.05, 0.1) is 11.3 Å². The van der Waals surface area contributed by atoms with Crippen LogP contribution in [0.4, 0.5) is 5.69 Å². The first kappa shape index (κ1) is 18.3. The number of nitro groups is 1. The molecule has 0 saturated carbocycles. The third-order valence-electron chi connectivity index (χ3n) is 2.56. The largest absolute Gasteiger partial charge is 0.355 e. The highest BCUT2D eigenvalue weighted by atomic mass is 35.5. The van der Waals surface area contributed by atoms with E-state index in [4.69, 9.17) is 0 Å². The molecular formula is C13H20ClN3O3. The maximum atomic E-state index is 11.6. The van der Waals surface area contributed by atoms with Gasteiger partial charge in [0, 0.05) is 25.2 Å². The Morgan fingerprint density at radius 3 is 2.40 bits per heavy atom. The lowest BCUT2D eigenvalue weighted by atomic mass is 10.1. The van der Waals surface area contributed by atoms with Gasteiger partial charge in [-0.15, -0.1) is 12.4 Å². The van der Waals surface area contributed by atoms with Crippen molar-refractivity contribution in [1.82, 2.24) is 10.6 Å². The van der Waals surface area contributed by atoms with Crippen LogP contribution in [0.5, 0.6) is 0 Å². The van der Waals surface area contributed by atoms with Crippen molar-refractivity contribution >= 4 is 24.0 Å². The zero-order valence-electron chi connectivity index (χ0n) is 11.4. The Labute approximate surface area is 124 Å². The predicted octanol–water partition coefficient (Wildman–Crippen LogP) is 1.67. The van der Waals surface area contributed by atoms with Gasteiger partial charge in [-0.2, -0.15) is 0 Å². The van der Waals surface area contributed by atoms with Gasteiger partial charge in [-0.05, 0) is 18.5 Å². The number of nitrogens with one attached hydrogen (secondary N) is 2. The molecule has 2 N–H and O–H groups in total. The molecule has 6 nitrogen and oxygen atoms in total. The number of carbonyl (C=O) groups excluding carboxylic acids is 1. The minimum absolute atomic E-state index is 0. The lowest BCUT2D eigenvalue weighted by Gasteiger charge is -2.06. The maximum Gasteiger partial charge on any atom is 0.269 e. The molecule has 0 aliphatic carbocycles. The topological polar surface area (TPSA) is 84.3 Å². The molecule has 1 aromatic rings. The summed E-state index contributed by atoms with van der Waals surface area (Å²) >= 11 is 0. The molecule has 1 rings (SSSR count). The molecule has 0 aliphatic heterocycles. The second-order valence-corrected chi connectivity index (χ2v) is 4.20. The van der Waals surface area contributed by atoms with Crippen LogP contribution in [0.25, 0.3) is 0 Å². The van der Waals surface area contributed by atoms with Crippen molar-refractivity contribution in [2.45, 2.75) is 19.8 Å². The van der Waals surface area contributed by atoms with Gasteiger partial charge in [0.2, 0.25) is 5.91 Å². The maximum absolute atomic E-state index is 11.6. The van der Waals surface area contributed by atoms with Crippen LogP contribution in [0.2, 0.25) is 0 Å². The Morgan fingerprint density at radius 2 is 1.85 bits per heavy atom. The summed E-state index contributed by atoms with van der Waals surface area (Å²) in [5.41, 5.74) is 0.803. The Balaban J connectivity index is 0.00000361. The number of halogens is 1. The van der Waals surface area contributed by atoms with Crippen LogP contribution < -0.4 is 10.6 Å². The van der Waals surface area contributed by atoms with Crippen molar-refractivity contribution in [2.75, 3.05) is 19.6 Å². The zero-order chi connectivity index (χ0) is 14.1. The summed E-state index contributed by atoms with van der Waals surface area (Å²) in [5, 5.41) is 16.5. The molecule has 1 aromatic carbocycles. The van der Waals surface area contributed by atoms with Crippen molar-refractivity contribution in [3.63, 3.8) is 0 Å². The Hall–Kier alpha value is -1.66. The van der Waals surface area contributed by atoms with E-state index in [9.17, 15) is 14.9 Å². The second-order valence-electron chi connectivity index (χ2n) is 4.20. The van der Waals surface area contributed by atoms with Crippen LogP contribution in [-0.4, -0.2) is 30.5 Å². The highest BCUT2D eigenvalue weighted by Gasteiger charge is 2.06. The summed E-state index contributed by atoms with van der Waals surface area (Å²) in [6.45, 7) is 4.37. The van der Waals surface area contributed by atoms with E-state index in [1.807, 2.05) is 0 Å². The molecule has 7 heteroatoms. The molecule has 0 saturated heterocycles. The third-order valence-corrected chi connectivity index (χ3v) is 2.56. The number of hydrogen-bond acceptors (Lipinski definition) is 4. The summed E-state index contributed by atoms with van der Waals surface area (Å²) in [4.78, 5) is 21.6. The van der Waals surface area contributed by atoms with Crippen molar-refractivity contribution in [3.05, 3.63) is 39.9 Å². The van der Waals surface area contributed by atoms with E-state index >= 15 is 0 Å². The number of non-ortho nitro benzene ring substituents is 1. The van der Waals surface area contributed by atoms with Gasteiger partial charge >= 0.3 is 0 Å². The van der Waals surface area contributed by atoms with Crippen LogP contribution in [0.15, 0.2) is 24.3 Å². The molecule has 0 fully saturated rings. The molecule has 0 atom stereocenters. The van der Waals surface area contributed by atoms with Crippen LogP contribution in [0, 0.1) is 10.1 Å². The number of amides is 1. The van der Waals surface area contributed by atoms with Gasteiger partial charge in [0.1, 0.15) is 0 Å². The highest BCUT2D eigenvalue weighted by Crippen LogP contribution is 2.12. The number of nitrogens with zero attached hydrogens (tertiary/aromatic N) is 1. The lowest BCUT2D eigenvalue weighted by Crippen LogP contribution is -2.32. The van der Waals surface area contributed by atoms with E-state index in [0.29, 0.717) is 6.54 Å². The molecule has 112 valence electrons. The van der Waals surface area contributed by atoms with Crippen LogP contribution >= 0.6 is 12.4 Å². The van der Waals surface area contributed by atoms with Gasteiger partial charge in [-0.3, -0.25) is 14.9 Å². The molecule has 0 radical (unpaired) electrons. The molecule has 20 heavy (non-hydrogen) atoms. The minimum Gasteiger partial charge on any atom is -0.355 e. The van der Waals surface area contributed by atoms with E-state index in [1.54, 1.807) is 12.1 Å². The summed E-state index contributed by atoms with van der Waals surface area (Å²) in [6.07, 6.45) is 1.31. The Kier molecular flexibility index (Phi) is 9.32. The second kappa shape index (κ2) is 10.2. The van der Waals surface area contributed by atoms with E-state index in [-0.39, 0.29) is 30.4 Å². The number of benzene rings is 1. The van der Waals surface area contributed by atoms with Gasteiger partial charge in [0.25, 0.3) is 5.69 Å². The average Bonchev–Trinajstić information content (AvgIpc) is 2.39. The fraction of sp³-hybridized carbons (Fsp3) is 0.462. The quantitative estimate of drug-likeness (QED) is 0.434. The van der Waals surface area contributed by atoms with E-state index in [2.05, 4.69) is 17.6 Å². The SMILES string of the molecule is CCCNCCNC(=O)Cc1ccc([N+](=O)[O-])cc1.Cl. The van der Waals surface area contributed by atoms with Gasteiger partial charge < -0.3 is 10.6 Å². The number of rotatable bonds is 8. The Morgan fingerprint density at radius 1 is 1.20 bits per heavy atom. The third kappa shape index (κ3) is 7.06. The van der Waals surface area contributed by atoms with Gasteiger partial charge in [-0.1, -0.05) is 19.1 Å². The first-order chi connectivity index (χ1) is 9.13. The first-order valence-electron chi connectivity index (χ1n) is 6.34. The summed E-state index contributed by atoms with van der Waals surface area (Å²) in [5.74, 6) is -0.0767. The minimum atomic E-state index is -0.455. The summed E-state index contributed by atoms with van der Waals surface area (Å²) < 4.78 is 0. The standard InChI is InChI=1S/C13H19N3O3.ClH/c1-2-7-14-8-9-15-13(17)10-11-3-5-12(6-4-11)16(18)19;/h3-6,14H,2,7-10H2,1H3,(H,15,17);1H. The summed E-state index contributed by atoms with van der Waals surface area (Å²) in [7, 11) is 0. The monoisotopic (exact) mass is 301 g/mol. The fourth-order valence-electron chi connectivity index (χ4n) is 1.58. The lowest BCUT2D eigenvalue weighted by molar-refractivity contribution is -0.384. The van der Waals surface area contributed by atoms with Gasteiger partial charge in [0.15, 0.2) is 0 Å². The van der Waals surface area contributed by atoms with Crippen molar-refractivity contribution < 1.29 is 9.72 Å². The van der Waals surface area contributed by atoms with Crippen LogP contribution in [0.3, 0.4) is 0 Å². The molecule has 0 heterocycles. The zero-order valence-corrected chi connectivity index (χ0v) is 12.2. The highest BCUT2D eigenvalue weighted by molar-refractivity contribution is 5.85. The van der Waals surface area contributed by atoms with E-state index < -0.39 is 4.92 Å².